The lowest BCUT2D eigenvalue weighted by molar-refractivity contribution is 0.216. The van der Waals surface area contributed by atoms with E-state index in [1.807, 2.05) is 0 Å². The van der Waals surface area contributed by atoms with Crippen LogP contribution in [0.4, 0.5) is 0 Å². The first-order valence-corrected chi connectivity index (χ1v) is 3.45. The van der Waals surface area contributed by atoms with E-state index in [4.69, 9.17) is 46.8 Å². The molecular weight excluding hydrogens is 222 g/mol. The second kappa shape index (κ2) is 3.00. The molecule has 0 aromatic heterocycles. The summed E-state index contributed by atoms with van der Waals surface area (Å²) in [7, 11) is 0. The molecule has 1 heterocycles. The van der Waals surface area contributed by atoms with Crippen LogP contribution >= 0.6 is 46.8 Å². The highest BCUT2D eigenvalue weighted by molar-refractivity contribution is 6.41. The Bertz CT molecular complexity index is 199. The van der Waals surface area contributed by atoms with E-state index in [0.717, 1.165) is 9.16 Å². The zero-order valence-corrected chi connectivity index (χ0v) is 7.32. The smallest absolute Gasteiger partial charge is 0.145 e. The summed E-state index contributed by atoms with van der Waals surface area (Å²) in [4.78, 5) is 0. The highest BCUT2D eigenvalue weighted by Gasteiger charge is 2.19. The van der Waals surface area contributed by atoms with E-state index < -0.39 is 0 Å². The van der Waals surface area contributed by atoms with Crippen LogP contribution in [0.25, 0.3) is 0 Å². The third-order valence-electron chi connectivity index (χ3n) is 0.683. The van der Waals surface area contributed by atoms with Crippen LogP contribution in [0.2, 0.25) is 0 Å². The van der Waals surface area contributed by atoms with E-state index in [1.165, 1.54) is 0 Å². The van der Waals surface area contributed by atoms with Gasteiger partial charge in [-0.3, -0.25) is 0 Å². The predicted molar refractivity (Wildman–Crippen MR) is 39.0 cm³/mol. The van der Waals surface area contributed by atoms with Crippen LogP contribution in [-0.2, 0) is 0 Å². The molecule has 1 aliphatic rings. The van der Waals surface area contributed by atoms with Crippen molar-refractivity contribution in [3.8, 4) is 0 Å². The van der Waals surface area contributed by atoms with E-state index in [0.29, 0.717) is 0 Å². The average Bonchev–Trinajstić information content (AvgIpc) is 1.93. The van der Waals surface area contributed by atoms with Crippen molar-refractivity contribution in [3.05, 3.63) is 10.3 Å². The molecule has 8 heteroatoms. The van der Waals surface area contributed by atoms with Gasteiger partial charge in [0.2, 0.25) is 0 Å². The molecule has 0 unspecified atom stereocenters. The molecule has 0 amide bonds. The second-order valence-electron chi connectivity index (χ2n) is 1.27. The van der Waals surface area contributed by atoms with Gasteiger partial charge in [0.25, 0.3) is 0 Å². The number of hydrazine groups is 1. The van der Waals surface area contributed by atoms with Gasteiger partial charge in [0, 0.05) is 11.8 Å². The van der Waals surface area contributed by atoms with Crippen LogP contribution in [0.3, 0.4) is 0 Å². The van der Waals surface area contributed by atoms with Crippen molar-refractivity contribution in [3.63, 3.8) is 0 Å². The molecular formula is C2Cl4N4. The Kier molecular flexibility index (Phi) is 2.46. The standard InChI is InChI=1S/C2Cl4N4/c3-1-2(4)9(5)10(6)8-7-1. The van der Waals surface area contributed by atoms with E-state index in [1.54, 1.807) is 0 Å². The molecule has 0 saturated carbocycles. The fourth-order valence-corrected chi connectivity index (χ4v) is 0.826. The molecule has 0 aromatic rings. The van der Waals surface area contributed by atoms with E-state index in [9.17, 15) is 0 Å². The van der Waals surface area contributed by atoms with Crippen molar-refractivity contribution in [2.45, 2.75) is 0 Å². The molecule has 0 N–H and O–H groups in total. The molecule has 1 aliphatic heterocycles. The van der Waals surface area contributed by atoms with Crippen molar-refractivity contribution in [1.82, 2.24) is 9.16 Å². The van der Waals surface area contributed by atoms with Gasteiger partial charge in [0.1, 0.15) is 0 Å². The summed E-state index contributed by atoms with van der Waals surface area (Å²) in [5.41, 5.74) is 0. The molecule has 0 radical (unpaired) electrons. The van der Waals surface area contributed by atoms with Gasteiger partial charge in [-0.25, -0.2) is 0 Å². The minimum absolute atomic E-state index is 0.00596. The van der Waals surface area contributed by atoms with Crippen molar-refractivity contribution in [2.24, 2.45) is 10.3 Å². The zero-order chi connectivity index (χ0) is 7.72. The van der Waals surface area contributed by atoms with Gasteiger partial charge >= 0.3 is 0 Å². The lowest BCUT2D eigenvalue weighted by atomic mass is 10.9. The lowest BCUT2D eigenvalue weighted by Gasteiger charge is -2.20. The molecule has 0 spiro atoms. The third kappa shape index (κ3) is 1.40. The molecule has 0 aliphatic carbocycles. The number of hydrogen-bond donors (Lipinski definition) is 0. The van der Waals surface area contributed by atoms with Crippen LogP contribution in [-0.4, -0.2) is 9.16 Å². The summed E-state index contributed by atoms with van der Waals surface area (Å²) in [5, 5.41) is 6.64. The Balaban J connectivity index is 2.88. The van der Waals surface area contributed by atoms with Gasteiger partial charge in [-0.1, -0.05) is 27.8 Å². The Morgan fingerprint density at radius 2 is 1.80 bits per heavy atom. The van der Waals surface area contributed by atoms with E-state index in [2.05, 4.69) is 10.3 Å². The van der Waals surface area contributed by atoms with E-state index in [-0.39, 0.29) is 10.3 Å². The highest BCUT2D eigenvalue weighted by Crippen LogP contribution is 2.29. The van der Waals surface area contributed by atoms with Crippen LogP contribution in [0, 0.1) is 0 Å². The third-order valence-corrected chi connectivity index (χ3v) is 2.07. The molecule has 0 saturated heterocycles. The van der Waals surface area contributed by atoms with E-state index >= 15 is 0 Å². The van der Waals surface area contributed by atoms with Gasteiger partial charge in [-0.05, 0) is 5.22 Å². The Hall–Kier alpha value is 0.1000. The molecule has 4 nitrogen and oxygen atoms in total. The first-order valence-electron chi connectivity index (χ1n) is 2.01. The summed E-state index contributed by atoms with van der Waals surface area (Å²) in [6.07, 6.45) is 0. The number of nitrogens with zero attached hydrogens (tertiary/aromatic N) is 4. The SMILES string of the molecule is ClC1=C(Cl)N(Cl)N(Cl)N=N1. The van der Waals surface area contributed by atoms with Crippen molar-refractivity contribution < 1.29 is 0 Å². The largest absolute Gasteiger partial charge is 0.192 e. The summed E-state index contributed by atoms with van der Waals surface area (Å²) >= 11 is 21.6. The number of rotatable bonds is 0. The first-order chi connectivity index (χ1) is 4.63. The summed E-state index contributed by atoms with van der Waals surface area (Å²) in [5.74, 6) is 0. The Morgan fingerprint density at radius 3 is 2.30 bits per heavy atom. The minimum Gasteiger partial charge on any atom is -0.145 e. The maximum Gasteiger partial charge on any atom is 0.192 e. The lowest BCUT2D eigenvalue weighted by Crippen LogP contribution is -2.22. The molecule has 1 rings (SSSR count). The van der Waals surface area contributed by atoms with Gasteiger partial charge < -0.3 is 0 Å². The van der Waals surface area contributed by atoms with Crippen LogP contribution in [0.15, 0.2) is 20.6 Å². The Labute approximate surface area is 76.8 Å². The zero-order valence-electron chi connectivity index (χ0n) is 4.30. The van der Waals surface area contributed by atoms with Gasteiger partial charge in [-0.2, -0.15) is 0 Å². The predicted octanol–water partition coefficient (Wildman–Crippen LogP) is 2.80. The first kappa shape index (κ1) is 8.20. The summed E-state index contributed by atoms with van der Waals surface area (Å²) in [6, 6.07) is 0. The molecule has 0 aromatic carbocycles. The Morgan fingerprint density at radius 1 is 1.20 bits per heavy atom. The van der Waals surface area contributed by atoms with Crippen LogP contribution in [0.1, 0.15) is 0 Å². The van der Waals surface area contributed by atoms with Crippen molar-refractivity contribution in [2.75, 3.05) is 0 Å². The monoisotopic (exact) mass is 220 g/mol. The van der Waals surface area contributed by atoms with Gasteiger partial charge in [0.05, 0.1) is 11.8 Å². The second-order valence-corrected chi connectivity index (χ2v) is 2.61. The maximum atomic E-state index is 5.47. The molecule has 0 fully saturated rings. The molecule has 0 bridgehead atoms. The maximum absolute atomic E-state index is 5.47. The minimum atomic E-state index is -0.00596. The normalized spacial score (nSPS) is 18.8. The summed E-state index contributed by atoms with van der Waals surface area (Å²) in [6.45, 7) is 0. The van der Waals surface area contributed by atoms with Crippen molar-refractivity contribution >= 4 is 46.8 Å². The van der Waals surface area contributed by atoms with Crippen LogP contribution < -0.4 is 0 Å². The molecule has 10 heavy (non-hydrogen) atoms. The molecule has 56 valence electrons. The fourth-order valence-electron chi connectivity index (χ4n) is 0.301. The highest BCUT2D eigenvalue weighted by atomic mass is 35.5. The van der Waals surface area contributed by atoms with Crippen molar-refractivity contribution in [1.29, 1.82) is 0 Å². The van der Waals surface area contributed by atoms with Gasteiger partial charge in [0.15, 0.2) is 10.3 Å². The number of hydrogen-bond acceptors (Lipinski definition) is 4. The fraction of sp³-hybridized carbons (Fsp3) is 0. The topological polar surface area (TPSA) is 31.2 Å². The summed E-state index contributed by atoms with van der Waals surface area (Å²) < 4.78 is 1.54. The number of halogens is 4. The van der Waals surface area contributed by atoms with Gasteiger partial charge in [-0.15, -0.1) is 9.64 Å². The average molecular weight is 222 g/mol. The van der Waals surface area contributed by atoms with Crippen LogP contribution in [0.5, 0.6) is 0 Å². The quantitative estimate of drug-likeness (QED) is 0.466. The molecule has 0 atom stereocenters.